The van der Waals surface area contributed by atoms with Crippen LogP contribution in [0.5, 0.6) is 0 Å². The highest BCUT2D eigenvalue weighted by molar-refractivity contribution is 7.09. The zero-order valence-electron chi connectivity index (χ0n) is 10.5. The molecule has 0 bridgehead atoms. The van der Waals surface area contributed by atoms with Crippen molar-refractivity contribution in [3.8, 4) is 0 Å². The molecule has 19 heavy (non-hydrogen) atoms. The molecular formula is C12H15N5OS. The molecule has 1 amide bonds. The third-order valence-corrected chi connectivity index (χ3v) is 3.92. The van der Waals surface area contributed by atoms with Crippen LogP contribution in [0.25, 0.3) is 0 Å². The van der Waals surface area contributed by atoms with Crippen molar-refractivity contribution in [2.24, 2.45) is 0 Å². The molecule has 3 rings (SSSR count). The van der Waals surface area contributed by atoms with Gasteiger partial charge in [-0.2, -0.15) is 0 Å². The lowest BCUT2D eigenvalue weighted by atomic mass is 10.3. The first-order valence-corrected chi connectivity index (χ1v) is 7.13. The van der Waals surface area contributed by atoms with E-state index in [-0.39, 0.29) is 5.91 Å². The maximum absolute atomic E-state index is 12.2. The van der Waals surface area contributed by atoms with E-state index in [1.807, 2.05) is 22.4 Å². The van der Waals surface area contributed by atoms with Crippen LogP contribution in [0.2, 0.25) is 0 Å². The normalized spacial score (nSPS) is 15.7. The maximum Gasteiger partial charge on any atom is 0.276 e. The summed E-state index contributed by atoms with van der Waals surface area (Å²) >= 11 is 1.67. The minimum atomic E-state index is -0.0288. The van der Waals surface area contributed by atoms with Crippen molar-refractivity contribution in [2.45, 2.75) is 6.54 Å². The number of nitrogens with one attached hydrogen (secondary N) is 1. The molecule has 0 atom stereocenters. The van der Waals surface area contributed by atoms with Crippen molar-refractivity contribution >= 4 is 17.2 Å². The lowest BCUT2D eigenvalue weighted by molar-refractivity contribution is 0.0729. The van der Waals surface area contributed by atoms with E-state index in [1.54, 1.807) is 22.2 Å². The minimum absolute atomic E-state index is 0.0288. The standard InChI is InChI=1S/C12H15N5OS/c18-12(16-5-3-13-4-6-16)11-9-17(15-14-11)8-10-2-1-7-19-10/h1-2,7,9,13H,3-6,8H2. The lowest BCUT2D eigenvalue weighted by Crippen LogP contribution is -2.46. The van der Waals surface area contributed by atoms with Crippen LogP contribution in [-0.4, -0.2) is 52.0 Å². The molecule has 0 saturated carbocycles. The molecule has 1 aliphatic heterocycles. The van der Waals surface area contributed by atoms with Crippen molar-refractivity contribution in [1.82, 2.24) is 25.2 Å². The predicted molar refractivity (Wildman–Crippen MR) is 72.2 cm³/mol. The van der Waals surface area contributed by atoms with Crippen molar-refractivity contribution < 1.29 is 4.79 Å². The van der Waals surface area contributed by atoms with Gasteiger partial charge in [-0.25, -0.2) is 4.68 Å². The summed E-state index contributed by atoms with van der Waals surface area (Å²) in [6.07, 6.45) is 1.73. The fraction of sp³-hybridized carbons (Fsp3) is 0.417. The average molecular weight is 277 g/mol. The fourth-order valence-corrected chi connectivity index (χ4v) is 2.76. The van der Waals surface area contributed by atoms with Gasteiger partial charge >= 0.3 is 0 Å². The molecule has 0 aromatic carbocycles. The Bertz CT molecular complexity index is 544. The van der Waals surface area contributed by atoms with Crippen molar-refractivity contribution in [1.29, 1.82) is 0 Å². The Balaban J connectivity index is 1.68. The Hall–Kier alpha value is -1.73. The molecule has 1 N–H and O–H groups in total. The van der Waals surface area contributed by atoms with Gasteiger partial charge in [-0.1, -0.05) is 11.3 Å². The maximum atomic E-state index is 12.2. The van der Waals surface area contributed by atoms with Crippen LogP contribution in [0.1, 0.15) is 15.4 Å². The molecule has 1 fully saturated rings. The Morgan fingerprint density at radius 1 is 1.42 bits per heavy atom. The summed E-state index contributed by atoms with van der Waals surface area (Å²) in [5.41, 5.74) is 0.429. The Morgan fingerprint density at radius 3 is 3.00 bits per heavy atom. The number of amides is 1. The summed E-state index contributed by atoms with van der Waals surface area (Å²) in [6, 6.07) is 4.05. The molecule has 0 spiro atoms. The molecule has 0 unspecified atom stereocenters. The third-order valence-electron chi connectivity index (χ3n) is 3.06. The summed E-state index contributed by atoms with van der Waals surface area (Å²) < 4.78 is 1.71. The SMILES string of the molecule is O=C(c1cn(Cc2cccs2)nn1)N1CCNCC1. The quantitative estimate of drug-likeness (QED) is 0.884. The van der Waals surface area contributed by atoms with Gasteiger partial charge < -0.3 is 10.2 Å². The number of rotatable bonds is 3. The highest BCUT2D eigenvalue weighted by atomic mass is 32.1. The summed E-state index contributed by atoms with van der Waals surface area (Å²) in [5, 5.41) is 13.2. The van der Waals surface area contributed by atoms with E-state index in [4.69, 9.17) is 0 Å². The van der Waals surface area contributed by atoms with Gasteiger partial charge in [0.25, 0.3) is 5.91 Å². The largest absolute Gasteiger partial charge is 0.335 e. The van der Waals surface area contributed by atoms with Crippen LogP contribution in [0, 0.1) is 0 Å². The van der Waals surface area contributed by atoms with E-state index in [9.17, 15) is 4.79 Å². The van der Waals surface area contributed by atoms with Gasteiger partial charge in [0.05, 0.1) is 12.7 Å². The number of hydrogen-bond acceptors (Lipinski definition) is 5. The second kappa shape index (κ2) is 5.50. The molecule has 0 radical (unpaired) electrons. The highest BCUT2D eigenvalue weighted by Crippen LogP contribution is 2.10. The number of piperazine rings is 1. The van der Waals surface area contributed by atoms with Crippen LogP contribution >= 0.6 is 11.3 Å². The molecule has 1 saturated heterocycles. The van der Waals surface area contributed by atoms with Gasteiger partial charge in [0.1, 0.15) is 0 Å². The van der Waals surface area contributed by atoms with Gasteiger partial charge in [0.15, 0.2) is 5.69 Å². The third kappa shape index (κ3) is 2.82. The van der Waals surface area contributed by atoms with Gasteiger partial charge in [0, 0.05) is 31.1 Å². The predicted octanol–water partition coefficient (Wildman–Crippen LogP) is 0.433. The van der Waals surface area contributed by atoms with Gasteiger partial charge in [0.2, 0.25) is 0 Å². The number of thiophene rings is 1. The summed E-state index contributed by atoms with van der Waals surface area (Å²) in [4.78, 5) is 15.2. The first-order chi connectivity index (χ1) is 9.33. The Kier molecular flexibility index (Phi) is 3.56. The van der Waals surface area contributed by atoms with Gasteiger partial charge in [-0.05, 0) is 11.4 Å². The number of carbonyl (C=O) groups excluding carboxylic acids is 1. The molecular weight excluding hydrogens is 262 g/mol. The van der Waals surface area contributed by atoms with Crippen molar-refractivity contribution in [2.75, 3.05) is 26.2 Å². The van der Waals surface area contributed by atoms with E-state index >= 15 is 0 Å². The topological polar surface area (TPSA) is 63.1 Å². The molecule has 2 aromatic rings. The number of nitrogens with zero attached hydrogens (tertiary/aromatic N) is 4. The van der Waals surface area contributed by atoms with E-state index < -0.39 is 0 Å². The highest BCUT2D eigenvalue weighted by Gasteiger charge is 2.20. The van der Waals surface area contributed by atoms with Gasteiger partial charge in [-0.15, -0.1) is 16.4 Å². The molecule has 1 aliphatic rings. The van der Waals surface area contributed by atoms with E-state index in [0.29, 0.717) is 12.2 Å². The van der Waals surface area contributed by atoms with E-state index in [2.05, 4.69) is 15.6 Å². The minimum Gasteiger partial charge on any atom is -0.335 e. The monoisotopic (exact) mass is 277 g/mol. The Labute approximate surface area is 115 Å². The molecule has 7 heteroatoms. The Morgan fingerprint density at radius 2 is 2.26 bits per heavy atom. The van der Waals surface area contributed by atoms with Crippen molar-refractivity contribution in [3.63, 3.8) is 0 Å². The number of carbonyl (C=O) groups is 1. The van der Waals surface area contributed by atoms with E-state index in [1.165, 1.54) is 4.88 Å². The molecule has 100 valence electrons. The van der Waals surface area contributed by atoms with Crippen LogP contribution in [0.4, 0.5) is 0 Å². The average Bonchev–Trinajstić information content (AvgIpc) is 3.11. The summed E-state index contributed by atoms with van der Waals surface area (Å²) in [7, 11) is 0. The van der Waals surface area contributed by atoms with Crippen molar-refractivity contribution in [3.05, 3.63) is 34.3 Å². The number of aromatic nitrogens is 3. The first kappa shape index (κ1) is 12.3. The van der Waals surface area contributed by atoms with Crippen LogP contribution in [0.3, 0.4) is 0 Å². The zero-order valence-corrected chi connectivity index (χ0v) is 11.3. The number of hydrogen-bond donors (Lipinski definition) is 1. The van der Waals surface area contributed by atoms with Gasteiger partial charge in [-0.3, -0.25) is 4.79 Å². The lowest BCUT2D eigenvalue weighted by Gasteiger charge is -2.26. The molecule has 2 aromatic heterocycles. The molecule has 3 heterocycles. The smallest absolute Gasteiger partial charge is 0.276 e. The summed E-state index contributed by atoms with van der Waals surface area (Å²) in [6.45, 7) is 3.82. The van der Waals surface area contributed by atoms with Crippen LogP contribution in [0.15, 0.2) is 23.7 Å². The molecule has 0 aliphatic carbocycles. The second-order valence-corrected chi connectivity index (χ2v) is 5.46. The van der Waals surface area contributed by atoms with E-state index in [0.717, 1.165) is 26.2 Å². The zero-order chi connectivity index (χ0) is 13.1. The second-order valence-electron chi connectivity index (χ2n) is 4.42. The summed E-state index contributed by atoms with van der Waals surface area (Å²) in [5.74, 6) is -0.0288. The van der Waals surface area contributed by atoms with Crippen LogP contribution < -0.4 is 5.32 Å². The van der Waals surface area contributed by atoms with Crippen LogP contribution in [-0.2, 0) is 6.54 Å². The fourth-order valence-electron chi connectivity index (χ4n) is 2.07. The molecule has 6 nitrogen and oxygen atoms in total. The first-order valence-electron chi connectivity index (χ1n) is 6.25.